The lowest BCUT2D eigenvalue weighted by Crippen LogP contribution is -2.38. The van der Waals surface area contributed by atoms with Gasteiger partial charge in [0.2, 0.25) is 0 Å². The molecule has 0 radical (unpaired) electrons. The average molecular weight is 374 g/mol. The molecule has 0 unspecified atom stereocenters. The summed E-state index contributed by atoms with van der Waals surface area (Å²) in [4.78, 5) is 23.3. The molecular formula is C18H20ClN5O2. The predicted molar refractivity (Wildman–Crippen MR) is 99.7 cm³/mol. The van der Waals surface area contributed by atoms with Gasteiger partial charge in [-0.1, -0.05) is 23.7 Å². The fourth-order valence-electron chi connectivity index (χ4n) is 2.45. The van der Waals surface area contributed by atoms with E-state index < -0.39 is 11.8 Å². The molecule has 3 rings (SSSR count). The Kier molecular flexibility index (Phi) is 5.08. The minimum Gasteiger partial charge on any atom is -0.345 e. The maximum absolute atomic E-state index is 11.7. The topological polar surface area (TPSA) is 88.4 Å². The normalized spacial score (nSPS) is 13.8. The number of nitrogens with zero attached hydrogens (tertiary/aromatic N) is 3. The highest BCUT2D eigenvalue weighted by molar-refractivity contribution is 6.35. The standard InChI is InChI=1S/C18H20ClN5O2/c1-10-4-5-11(2)15(8-10)24-16(19)14(12(3)23-24)9-20-22-18(26)17(25)21-13-6-7-13/h4-5,8-9,13H,6-7H2,1-3H3,(H,21,25)(H,22,26)/b20-9-. The molecular weight excluding hydrogens is 354 g/mol. The largest absolute Gasteiger partial charge is 0.345 e. The Balaban J connectivity index is 1.76. The van der Waals surface area contributed by atoms with Crippen LogP contribution in [0.5, 0.6) is 0 Å². The molecule has 0 aliphatic heterocycles. The zero-order valence-electron chi connectivity index (χ0n) is 14.8. The van der Waals surface area contributed by atoms with E-state index in [-0.39, 0.29) is 6.04 Å². The molecule has 1 aromatic carbocycles. The number of benzene rings is 1. The summed E-state index contributed by atoms with van der Waals surface area (Å²) in [5.74, 6) is -1.48. The quantitative estimate of drug-likeness (QED) is 0.489. The molecule has 1 aromatic heterocycles. The lowest BCUT2D eigenvalue weighted by atomic mass is 10.1. The van der Waals surface area contributed by atoms with Crippen LogP contribution < -0.4 is 10.7 Å². The third-order valence-electron chi connectivity index (χ3n) is 4.12. The second-order valence-electron chi connectivity index (χ2n) is 6.44. The van der Waals surface area contributed by atoms with Crippen molar-refractivity contribution in [1.82, 2.24) is 20.5 Å². The van der Waals surface area contributed by atoms with Crippen molar-refractivity contribution in [3.05, 3.63) is 45.7 Å². The molecule has 0 atom stereocenters. The number of hydrogen-bond donors (Lipinski definition) is 2. The minimum absolute atomic E-state index is 0.115. The summed E-state index contributed by atoms with van der Waals surface area (Å²) in [5, 5.41) is 11.3. The molecule has 0 bridgehead atoms. The van der Waals surface area contributed by atoms with Gasteiger partial charge in [0.05, 0.1) is 23.2 Å². The summed E-state index contributed by atoms with van der Waals surface area (Å²) in [6, 6.07) is 6.14. The zero-order chi connectivity index (χ0) is 18.8. The molecule has 26 heavy (non-hydrogen) atoms. The van der Waals surface area contributed by atoms with Crippen molar-refractivity contribution in [3.8, 4) is 5.69 Å². The van der Waals surface area contributed by atoms with Gasteiger partial charge in [-0.25, -0.2) is 10.1 Å². The first kappa shape index (κ1) is 18.1. The van der Waals surface area contributed by atoms with Gasteiger partial charge >= 0.3 is 11.8 Å². The monoisotopic (exact) mass is 373 g/mol. The Morgan fingerprint density at radius 2 is 2.00 bits per heavy atom. The average Bonchev–Trinajstić information content (AvgIpc) is 3.37. The van der Waals surface area contributed by atoms with E-state index >= 15 is 0 Å². The second-order valence-corrected chi connectivity index (χ2v) is 6.80. The van der Waals surface area contributed by atoms with E-state index in [0.29, 0.717) is 16.4 Å². The van der Waals surface area contributed by atoms with Crippen molar-refractivity contribution in [2.75, 3.05) is 0 Å². The molecule has 136 valence electrons. The van der Waals surface area contributed by atoms with Crippen LogP contribution in [0, 0.1) is 20.8 Å². The van der Waals surface area contributed by atoms with Gasteiger partial charge in [-0.3, -0.25) is 9.59 Å². The Bertz CT molecular complexity index is 899. The van der Waals surface area contributed by atoms with Gasteiger partial charge in [0, 0.05) is 6.04 Å². The van der Waals surface area contributed by atoms with Gasteiger partial charge < -0.3 is 5.32 Å². The maximum Gasteiger partial charge on any atom is 0.329 e. The summed E-state index contributed by atoms with van der Waals surface area (Å²) in [6.45, 7) is 5.78. The number of aromatic nitrogens is 2. The molecule has 1 aliphatic rings. The molecule has 0 saturated heterocycles. The van der Waals surface area contributed by atoms with Gasteiger partial charge in [-0.2, -0.15) is 10.2 Å². The van der Waals surface area contributed by atoms with Gasteiger partial charge in [-0.05, 0) is 50.8 Å². The first-order valence-electron chi connectivity index (χ1n) is 8.33. The van der Waals surface area contributed by atoms with Crippen molar-refractivity contribution < 1.29 is 9.59 Å². The second kappa shape index (κ2) is 7.29. The van der Waals surface area contributed by atoms with Gasteiger partial charge in [0.25, 0.3) is 0 Å². The van der Waals surface area contributed by atoms with Crippen molar-refractivity contribution >= 4 is 29.6 Å². The number of amides is 2. The highest BCUT2D eigenvalue weighted by Gasteiger charge is 2.26. The van der Waals surface area contributed by atoms with E-state index in [1.165, 1.54) is 6.21 Å². The van der Waals surface area contributed by atoms with Gasteiger partial charge in [0.1, 0.15) is 5.15 Å². The molecule has 1 saturated carbocycles. The first-order chi connectivity index (χ1) is 12.4. The van der Waals surface area contributed by atoms with Crippen LogP contribution in [0.4, 0.5) is 0 Å². The van der Waals surface area contributed by atoms with E-state index in [4.69, 9.17) is 11.6 Å². The highest BCUT2D eigenvalue weighted by Crippen LogP contribution is 2.24. The molecule has 8 heteroatoms. The predicted octanol–water partition coefficient (Wildman–Crippen LogP) is 2.18. The summed E-state index contributed by atoms with van der Waals surface area (Å²) < 4.78 is 1.64. The molecule has 2 N–H and O–H groups in total. The van der Waals surface area contributed by atoms with E-state index in [2.05, 4.69) is 20.9 Å². The molecule has 0 spiro atoms. The highest BCUT2D eigenvalue weighted by atomic mass is 35.5. The number of halogens is 1. The number of aryl methyl sites for hydroxylation is 3. The van der Waals surface area contributed by atoms with Crippen molar-refractivity contribution in [2.24, 2.45) is 5.10 Å². The van der Waals surface area contributed by atoms with Gasteiger partial charge in [-0.15, -0.1) is 0 Å². The lowest BCUT2D eigenvalue weighted by Gasteiger charge is -2.08. The molecule has 2 aromatic rings. The molecule has 7 nitrogen and oxygen atoms in total. The Labute approximate surface area is 156 Å². The fourth-order valence-corrected chi connectivity index (χ4v) is 2.76. The molecule has 2 amide bonds. The zero-order valence-corrected chi connectivity index (χ0v) is 15.6. The van der Waals surface area contributed by atoms with Crippen molar-refractivity contribution in [3.63, 3.8) is 0 Å². The number of carbonyl (C=O) groups excluding carboxylic acids is 2. The Morgan fingerprint density at radius 3 is 2.69 bits per heavy atom. The lowest BCUT2D eigenvalue weighted by molar-refractivity contribution is -0.139. The van der Waals surface area contributed by atoms with Crippen LogP contribution in [0.25, 0.3) is 5.69 Å². The minimum atomic E-state index is -0.802. The van der Waals surface area contributed by atoms with Crippen LogP contribution in [0.1, 0.15) is 35.2 Å². The van der Waals surface area contributed by atoms with Crippen molar-refractivity contribution in [1.29, 1.82) is 0 Å². The summed E-state index contributed by atoms with van der Waals surface area (Å²) in [6.07, 6.45) is 3.22. The van der Waals surface area contributed by atoms with Crippen LogP contribution in [0.15, 0.2) is 23.3 Å². The van der Waals surface area contributed by atoms with Crippen LogP contribution in [-0.2, 0) is 9.59 Å². The third kappa shape index (κ3) is 3.94. The first-order valence-corrected chi connectivity index (χ1v) is 8.71. The maximum atomic E-state index is 11.7. The number of nitrogens with one attached hydrogen (secondary N) is 2. The molecule has 1 aliphatic carbocycles. The summed E-state index contributed by atoms with van der Waals surface area (Å²) >= 11 is 6.46. The summed E-state index contributed by atoms with van der Waals surface area (Å²) in [5.41, 5.74) is 6.47. The van der Waals surface area contributed by atoms with E-state index in [1.54, 1.807) is 11.6 Å². The smallest absolute Gasteiger partial charge is 0.329 e. The van der Waals surface area contributed by atoms with E-state index in [9.17, 15) is 9.59 Å². The Morgan fingerprint density at radius 1 is 1.27 bits per heavy atom. The number of rotatable bonds is 4. The number of hydrogen-bond acceptors (Lipinski definition) is 4. The number of carbonyl (C=O) groups is 2. The Hall–Kier alpha value is -2.67. The van der Waals surface area contributed by atoms with E-state index in [1.807, 2.05) is 32.0 Å². The van der Waals surface area contributed by atoms with Crippen LogP contribution in [-0.4, -0.2) is 33.9 Å². The third-order valence-corrected chi connectivity index (χ3v) is 4.48. The molecule has 1 fully saturated rings. The molecule has 1 heterocycles. The van der Waals surface area contributed by atoms with Crippen LogP contribution >= 0.6 is 11.6 Å². The fraction of sp³-hybridized carbons (Fsp3) is 0.333. The van der Waals surface area contributed by atoms with Crippen LogP contribution in [0.2, 0.25) is 5.15 Å². The summed E-state index contributed by atoms with van der Waals surface area (Å²) in [7, 11) is 0. The van der Waals surface area contributed by atoms with Gasteiger partial charge in [0.15, 0.2) is 0 Å². The van der Waals surface area contributed by atoms with Crippen molar-refractivity contribution in [2.45, 2.75) is 39.7 Å². The van der Waals surface area contributed by atoms with Crippen LogP contribution in [0.3, 0.4) is 0 Å². The van der Waals surface area contributed by atoms with E-state index in [0.717, 1.165) is 29.7 Å². The number of hydrazone groups is 1. The SMILES string of the molecule is Cc1ccc(C)c(-n2nc(C)c(/C=N\NC(=O)C(=O)NC3CC3)c2Cl)c1.